The Hall–Kier alpha value is -1.59. The molecule has 18 heavy (non-hydrogen) atoms. The maximum Gasteiger partial charge on any atom is 0.156 e. The van der Waals surface area contributed by atoms with Crippen LogP contribution in [0.5, 0.6) is 0 Å². The topological polar surface area (TPSA) is 25.8 Å². The van der Waals surface area contributed by atoms with Gasteiger partial charge in [-0.15, -0.1) is 11.3 Å². The van der Waals surface area contributed by atoms with Crippen LogP contribution in [0.1, 0.15) is 0 Å². The van der Waals surface area contributed by atoms with Gasteiger partial charge in [0.05, 0.1) is 10.3 Å². The first-order valence-electron chi connectivity index (χ1n) is 5.02. The number of nitrogens with zero attached hydrogens (tertiary/aromatic N) is 2. The van der Waals surface area contributed by atoms with Gasteiger partial charge in [-0.3, -0.25) is 0 Å². The van der Waals surface area contributed by atoms with Gasteiger partial charge < -0.3 is 0 Å². The zero-order valence-corrected chi connectivity index (χ0v) is 10.4. The third kappa shape index (κ3) is 1.76. The third-order valence-electron chi connectivity index (χ3n) is 2.44. The van der Waals surface area contributed by atoms with Crippen molar-refractivity contribution in [2.24, 2.45) is 0 Å². The van der Waals surface area contributed by atoms with Crippen molar-refractivity contribution >= 4 is 33.2 Å². The summed E-state index contributed by atoms with van der Waals surface area (Å²) in [5, 5.41) is 0.488. The Balaban J connectivity index is 2.30. The molecular weight excluding hydrogens is 278 g/mol. The number of pyridine rings is 1. The summed E-state index contributed by atoms with van der Waals surface area (Å²) in [5.74, 6) is -1.28. The molecule has 6 heteroatoms. The van der Waals surface area contributed by atoms with E-state index in [0.29, 0.717) is 5.52 Å². The predicted octanol–water partition coefficient (Wildman–Crippen LogP) is 4.29. The number of hydrogen-bond acceptors (Lipinski definition) is 3. The molecule has 2 nitrogen and oxygen atoms in total. The molecule has 0 aliphatic carbocycles. The highest BCUT2D eigenvalue weighted by Gasteiger charge is 2.16. The van der Waals surface area contributed by atoms with Gasteiger partial charge in [-0.05, 0) is 18.2 Å². The Morgan fingerprint density at radius 3 is 2.50 bits per heavy atom. The van der Waals surface area contributed by atoms with E-state index in [2.05, 4.69) is 9.97 Å². The Labute approximate surface area is 110 Å². The average molecular weight is 283 g/mol. The third-order valence-corrected chi connectivity index (χ3v) is 3.75. The second-order valence-electron chi connectivity index (χ2n) is 3.56. The molecule has 0 amide bonds. The van der Waals surface area contributed by atoms with Crippen LogP contribution < -0.4 is 0 Å². The van der Waals surface area contributed by atoms with Gasteiger partial charge in [-0.25, -0.2) is 18.7 Å². The largest absolute Gasteiger partial charge is 0.242 e. The Bertz CT molecular complexity index is 722. The van der Waals surface area contributed by atoms with Gasteiger partial charge in [0.2, 0.25) is 0 Å². The van der Waals surface area contributed by atoms with Crippen molar-refractivity contribution in [3.8, 4) is 10.6 Å². The van der Waals surface area contributed by atoms with Crippen molar-refractivity contribution in [1.29, 1.82) is 0 Å². The molecule has 0 saturated carbocycles. The van der Waals surface area contributed by atoms with E-state index in [4.69, 9.17) is 11.6 Å². The van der Waals surface area contributed by atoms with E-state index in [9.17, 15) is 8.78 Å². The van der Waals surface area contributed by atoms with Crippen LogP contribution in [0.15, 0.2) is 30.5 Å². The molecular formula is C12H5ClF2N2S. The summed E-state index contributed by atoms with van der Waals surface area (Å²) in [4.78, 5) is 8.03. The van der Waals surface area contributed by atoms with Gasteiger partial charge in [0.15, 0.2) is 5.15 Å². The van der Waals surface area contributed by atoms with Gasteiger partial charge in [-0.2, -0.15) is 0 Å². The van der Waals surface area contributed by atoms with Gasteiger partial charge in [0.1, 0.15) is 22.2 Å². The first kappa shape index (κ1) is 11.5. The van der Waals surface area contributed by atoms with E-state index >= 15 is 0 Å². The molecule has 0 unspecified atom stereocenters. The summed E-state index contributed by atoms with van der Waals surface area (Å²) >= 11 is 7.06. The summed E-state index contributed by atoms with van der Waals surface area (Å²) in [7, 11) is 0. The molecule has 3 aromatic rings. The van der Waals surface area contributed by atoms with Crippen LogP contribution in [0.25, 0.3) is 20.8 Å². The minimum absolute atomic E-state index is 0.130. The standard InChI is InChI=1S/C12H5ClF2N2S/c13-11-10-8(4-5-16-11)18-12(17-10)9-6(14)2-1-3-7(9)15/h1-5H. The lowest BCUT2D eigenvalue weighted by atomic mass is 10.2. The first-order chi connectivity index (χ1) is 8.66. The van der Waals surface area contributed by atoms with Crippen molar-refractivity contribution in [1.82, 2.24) is 9.97 Å². The number of hydrogen-bond donors (Lipinski definition) is 0. The molecule has 1 aromatic carbocycles. The quantitative estimate of drug-likeness (QED) is 0.622. The second kappa shape index (κ2) is 4.26. The maximum absolute atomic E-state index is 13.6. The van der Waals surface area contributed by atoms with Crippen LogP contribution in [0.2, 0.25) is 5.15 Å². The second-order valence-corrected chi connectivity index (χ2v) is 4.95. The Kier molecular flexibility index (Phi) is 2.72. The van der Waals surface area contributed by atoms with Crippen LogP contribution in [-0.2, 0) is 0 Å². The van der Waals surface area contributed by atoms with Crippen molar-refractivity contribution in [2.75, 3.05) is 0 Å². The lowest BCUT2D eigenvalue weighted by Crippen LogP contribution is -1.88. The molecule has 0 N–H and O–H groups in total. The molecule has 3 rings (SSSR count). The molecule has 0 radical (unpaired) electrons. The molecule has 2 aromatic heterocycles. The van der Waals surface area contributed by atoms with Gasteiger partial charge in [0, 0.05) is 6.20 Å². The number of thiazole rings is 1. The number of fused-ring (bicyclic) bond motifs is 1. The van der Waals surface area contributed by atoms with Crippen molar-refractivity contribution in [3.63, 3.8) is 0 Å². The van der Waals surface area contributed by atoms with Gasteiger partial charge in [-0.1, -0.05) is 17.7 Å². The van der Waals surface area contributed by atoms with Gasteiger partial charge >= 0.3 is 0 Å². The minimum Gasteiger partial charge on any atom is -0.242 e. The van der Waals surface area contributed by atoms with Crippen LogP contribution >= 0.6 is 22.9 Å². The van der Waals surface area contributed by atoms with Crippen LogP contribution in [-0.4, -0.2) is 9.97 Å². The molecule has 0 bridgehead atoms. The smallest absolute Gasteiger partial charge is 0.156 e. The van der Waals surface area contributed by atoms with E-state index in [1.54, 1.807) is 6.07 Å². The molecule has 0 saturated heterocycles. The fraction of sp³-hybridized carbons (Fsp3) is 0. The van der Waals surface area contributed by atoms with E-state index < -0.39 is 11.6 Å². The van der Waals surface area contributed by atoms with E-state index in [0.717, 1.165) is 4.70 Å². The minimum atomic E-state index is -0.641. The summed E-state index contributed by atoms with van der Waals surface area (Å²) in [6.45, 7) is 0. The number of halogens is 3. The van der Waals surface area contributed by atoms with E-state index in [1.807, 2.05) is 0 Å². The van der Waals surface area contributed by atoms with Crippen LogP contribution in [0.4, 0.5) is 8.78 Å². The van der Waals surface area contributed by atoms with E-state index in [-0.39, 0.29) is 15.7 Å². The average Bonchev–Trinajstić information content (AvgIpc) is 2.74. The van der Waals surface area contributed by atoms with Gasteiger partial charge in [0.25, 0.3) is 0 Å². The van der Waals surface area contributed by atoms with Crippen molar-refractivity contribution in [2.45, 2.75) is 0 Å². The lowest BCUT2D eigenvalue weighted by Gasteiger charge is -1.99. The fourth-order valence-electron chi connectivity index (χ4n) is 1.63. The molecule has 0 aliphatic rings. The monoisotopic (exact) mass is 282 g/mol. The van der Waals surface area contributed by atoms with Crippen LogP contribution in [0, 0.1) is 11.6 Å². The Morgan fingerprint density at radius 2 is 1.83 bits per heavy atom. The summed E-state index contributed by atoms with van der Waals surface area (Å²) in [6.07, 6.45) is 1.53. The lowest BCUT2D eigenvalue weighted by molar-refractivity contribution is 0.589. The molecule has 90 valence electrons. The Morgan fingerprint density at radius 1 is 1.11 bits per heavy atom. The molecule has 2 heterocycles. The van der Waals surface area contributed by atoms with Crippen molar-refractivity contribution in [3.05, 3.63) is 47.2 Å². The highest BCUT2D eigenvalue weighted by atomic mass is 35.5. The van der Waals surface area contributed by atoms with Crippen molar-refractivity contribution < 1.29 is 8.78 Å². The normalized spacial score (nSPS) is 11.1. The summed E-state index contributed by atoms with van der Waals surface area (Å²) in [6, 6.07) is 5.42. The number of benzene rings is 1. The molecule has 0 aliphatic heterocycles. The number of aromatic nitrogens is 2. The summed E-state index contributed by atoms with van der Waals surface area (Å²) in [5.41, 5.74) is 0.330. The van der Waals surface area contributed by atoms with E-state index in [1.165, 1.54) is 35.7 Å². The highest BCUT2D eigenvalue weighted by molar-refractivity contribution is 7.21. The number of rotatable bonds is 1. The SMILES string of the molecule is Fc1cccc(F)c1-c1nc2c(Cl)nccc2s1. The first-order valence-corrected chi connectivity index (χ1v) is 6.21. The zero-order chi connectivity index (χ0) is 12.7. The van der Waals surface area contributed by atoms with Crippen LogP contribution in [0.3, 0.4) is 0 Å². The maximum atomic E-state index is 13.6. The highest BCUT2D eigenvalue weighted by Crippen LogP contribution is 2.34. The predicted molar refractivity (Wildman–Crippen MR) is 67.8 cm³/mol. The summed E-state index contributed by atoms with van der Waals surface area (Å²) < 4.78 is 28.0. The molecule has 0 atom stereocenters. The zero-order valence-electron chi connectivity index (χ0n) is 8.82. The fourth-order valence-corrected chi connectivity index (χ4v) is 2.90. The molecule has 0 fully saturated rings. The molecule has 0 spiro atoms.